The number of alkyl halides is 1. The molecule has 0 aliphatic heterocycles. The smallest absolute Gasteiger partial charge is 0.137 e. The summed E-state index contributed by atoms with van der Waals surface area (Å²) >= 11 is 6.17. The van der Waals surface area contributed by atoms with Crippen LogP contribution in [0, 0.1) is 5.41 Å². The summed E-state index contributed by atoms with van der Waals surface area (Å²) in [5.74, 6) is 0.306. The van der Waals surface area contributed by atoms with Crippen molar-refractivity contribution in [2.75, 3.05) is 0 Å². The average Bonchev–Trinajstić information content (AvgIpc) is 1.87. The fourth-order valence-electron chi connectivity index (χ4n) is 2.31. The molecule has 0 radical (unpaired) electrons. The van der Waals surface area contributed by atoms with Crippen molar-refractivity contribution in [2.45, 2.75) is 37.5 Å². The van der Waals surface area contributed by atoms with Crippen LogP contribution in [0.15, 0.2) is 0 Å². The zero-order valence-electron chi connectivity index (χ0n) is 6.11. The van der Waals surface area contributed by atoms with Crippen molar-refractivity contribution in [3.8, 4) is 0 Å². The van der Waals surface area contributed by atoms with Gasteiger partial charge in [-0.3, -0.25) is 4.79 Å². The van der Waals surface area contributed by atoms with E-state index in [-0.39, 0.29) is 10.3 Å². The first-order valence-corrected chi connectivity index (χ1v) is 4.19. The summed E-state index contributed by atoms with van der Waals surface area (Å²) in [7, 11) is 0. The van der Waals surface area contributed by atoms with Crippen LogP contribution in [0.5, 0.6) is 0 Å². The molecule has 0 amide bonds. The van der Waals surface area contributed by atoms with E-state index >= 15 is 0 Å². The van der Waals surface area contributed by atoms with Crippen LogP contribution in [0.3, 0.4) is 0 Å². The second kappa shape index (κ2) is 1.58. The largest absolute Gasteiger partial charge is 0.299 e. The Morgan fingerprint density at radius 1 is 1.30 bits per heavy atom. The Morgan fingerprint density at radius 3 is 1.80 bits per heavy atom. The Hall–Kier alpha value is -0.0400. The summed E-state index contributed by atoms with van der Waals surface area (Å²) in [6.45, 7) is 1.68. The Kier molecular flexibility index (Phi) is 1.05. The van der Waals surface area contributed by atoms with Gasteiger partial charge < -0.3 is 0 Å². The summed E-state index contributed by atoms with van der Waals surface area (Å²) in [6, 6.07) is 0. The highest BCUT2D eigenvalue weighted by atomic mass is 35.5. The molecule has 0 spiro atoms. The molecule has 0 aromatic carbocycles. The molecule has 0 bridgehead atoms. The maximum absolute atomic E-state index is 11.1. The van der Waals surface area contributed by atoms with Crippen LogP contribution >= 0.6 is 11.6 Å². The molecule has 2 aliphatic carbocycles. The summed E-state index contributed by atoms with van der Waals surface area (Å²) in [5, 5.41) is 0. The minimum atomic E-state index is -0.0984. The molecule has 2 heteroatoms. The van der Waals surface area contributed by atoms with E-state index in [4.69, 9.17) is 11.6 Å². The third-order valence-electron chi connectivity index (χ3n) is 3.43. The first kappa shape index (κ1) is 6.66. The molecule has 2 rings (SSSR count). The standard InChI is InChI=1S/C8H11ClO/c1-6(10)7-2-4-8(7,9)5-3-7/h2-5H2,1H3. The first-order valence-electron chi connectivity index (χ1n) is 3.81. The fraction of sp³-hybridized carbons (Fsp3) is 0.875. The van der Waals surface area contributed by atoms with E-state index in [9.17, 15) is 4.79 Å². The molecule has 2 aliphatic rings. The highest BCUT2D eigenvalue weighted by molar-refractivity contribution is 6.28. The van der Waals surface area contributed by atoms with E-state index in [1.807, 2.05) is 0 Å². The number of fused-ring (bicyclic) bond motifs is 1. The van der Waals surface area contributed by atoms with Crippen molar-refractivity contribution in [3.63, 3.8) is 0 Å². The van der Waals surface area contributed by atoms with Crippen LogP contribution in [0.4, 0.5) is 0 Å². The van der Waals surface area contributed by atoms with Crippen molar-refractivity contribution in [1.82, 2.24) is 0 Å². The van der Waals surface area contributed by atoms with Crippen molar-refractivity contribution in [1.29, 1.82) is 0 Å². The minimum Gasteiger partial charge on any atom is -0.299 e. The SMILES string of the molecule is CC(=O)C12CCC1(Cl)CC2. The van der Waals surface area contributed by atoms with Crippen LogP contribution in [0.2, 0.25) is 0 Å². The zero-order valence-corrected chi connectivity index (χ0v) is 6.87. The Labute approximate surface area is 65.7 Å². The van der Waals surface area contributed by atoms with Gasteiger partial charge in [0.15, 0.2) is 0 Å². The third kappa shape index (κ3) is 0.460. The van der Waals surface area contributed by atoms with Gasteiger partial charge in [0.1, 0.15) is 5.78 Å². The fourth-order valence-corrected chi connectivity index (χ4v) is 2.82. The molecule has 2 fully saturated rings. The third-order valence-corrected chi connectivity index (χ3v) is 4.17. The lowest BCUT2D eigenvalue weighted by atomic mass is 9.45. The molecular formula is C8H11ClO. The quantitative estimate of drug-likeness (QED) is 0.535. The molecule has 0 aromatic rings. The predicted molar refractivity (Wildman–Crippen MR) is 40.2 cm³/mol. The van der Waals surface area contributed by atoms with Gasteiger partial charge in [-0.05, 0) is 32.6 Å². The van der Waals surface area contributed by atoms with E-state index in [1.165, 1.54) is 0 Å². The van der Waals surface area contributed by atoms with Gasteiger partial charge in [0, 0.05) is 5.41 Å². The summed E-state index contributed by atoms with van der Waals surface area (Å²) in [6.07, 6.45) is 4.17. The molecule has 0 unspecified atom stereocenters. The van der Waals surface area contributed by atoms with Gasteiger partial charge in [-0.2, -0.15) is 0 Å². The predicted octanol–water partition coefficient (Wildman–Crippen LogP) is 2.13. The van der Waals surface area contributed by atoms with Gasteiger partial charge in [-0.1, -0.05) is 0 Å². The molecule has 0 N–H and O–H groups in total. The van der Waals surface area contributed by atoms with Gasteiger partial charge >= 0.3 is 0 Å². The molecule has 0 heterocycles. The van der Waals surface area contributed by atoms with Crippen molar-refractivity contribution < 1.29 is 4.79 Å². The van der Waals surface area contributed by atoms with E-state index < -0.39 is 0 Å². The molecule has 2 saturated carbocycles. The first-order chi connectivity index (χ1) is 4.61. The van der Waals surface area contributed by atoms with Crippen LogP contribution in [-0.2, 0) is 4.79 Å². The van der Waals surface area contributed by atoms with Crippen LogP contribution < -0.4 is 0 Å². The van der Waals surface area contributed by atoms with Crippen molar-refractivity contribution in [3.05, 3.63) is 0 Å². The van der Waals surface area contributed by atoms with Gasteiger partial charge in [0.2, 0.25) is 0 Å². The van der Waals surface area contributed by atoms with Gasteiger partial charge in [0.05, 0.1) is 4.87 Å². The highest BCUT2D eigenvalue weighted by Crippen LogP contribution is 2.68. The topological polar surface area (TPSA) is 17.1 Å². The maximum atomic E-state index is 11.1. The second-order valence-corrected chi connectivity index (χ2v) is 4.33. The lowest BCUT2D eigenvalue weighted by Crippen LogP contribution is -2.64. The molecule has 0 atom stereocenters. The minimum absolute atomic E-state index is 0.0748. The number of rotatable bonds is 1. The van der Waals surface area contributed by atoms with Crippen molar-refractivity contribution >= 4 is 17.4 Å². The highest BCUT2D eigenvalue weighted by Gasteiger charge is 2.67. The van der Waals surface area contributed by atoms with E-state index in [1.54, 1.807) is 6.92 Å². The second-order valence-electron chi connectivity index (χ2n) is 3.60. The lowest BCUT2D eigenvalue weighted by Gasteiger charge is -2.63. The number of hydrogen-bond donors (Lipinski definition) is 0. The monoisotopic (exact) mass is 158 g/mol. The molecule has 1 nitrogen and oxygen atoms in total. The van der Waals surface area contributed by atoms with E-state index in [0.717, 1.165) is 25.7 Å². The molecule has 10 heavy (non-hydrogen) atoms. The normalized spacial score (nSPS) is 50.6. The van der Waals surface area contributed by atoms with E-state index in [2.05, 4.69) is 0 Å². The molecular weight excluding hydrogens is 148 g/mol. The Morgan fingerprint density at radius 2 is 1.80 bits per heavy atom. The van der Waals surface area contributed by atoms with Crippen LogP contribution in [-0.4, -0.2) is 10.7 Å². The Bertz CT molecular complexity index is 189. The van der Waals surface area contributed by atoms with Gasteiger partial charge in [0.25, 0.3) is 0 Å². The summed E-state index contributed by atoms with van der Waals surface area (Å²) < 4.78 is 0. The lowest BCUT2D eigenvalue weighted by molar-refractivity contribution is -0.146. The number of halogens is 1. The van der Waals surface area contributed by atoms with Crippen LogP contribution in [0.1, 0.15) is 32.6 Å². The van der Waals surface area contributed by atoms with E-state index in [0.29, 0.717) is 5.78 Å². The average molecular weight is 159 g/mol. The number of ketones is 1. The number of Topliss-reactive ketones (excluding diaryl/α,β-unsaturated/α-hetero) is 1. The van der Waals surface area contributed by atoms with Crippen molar-refractivity contribution in [2.24, 2.45) is 5.41 Å². The molecule has 0 saturated heterocycles. The van der Waals surface area contributed by atoms with Crippen LogP contribution in [0.25, 0.3) is 0 Å². The summed E-state index contributed by atoms with van der Waals surface area (Å²) in [4.78, 5) is 11.0. The number of carbonyl (C=O) groups excluding carboxylic acids is 1. The van der Waals surface area contributed by atoms with Gasteiger partial charge in [-0.25, -0.2) is 0 Å². The maximum Gasteiger partial charge on any atom is 0.137 e. The molecule has 0 aromatic heterocycles. The Balaban J connectivity index is 2.26. The molecule has 56 valence electrons. The number of carbonyl (C=O) groups is 1. The zero-order chi connectivity index (χ0) is 7.41. The van der Waals surface area contributed by atoms with Gasteiger partial charge in [-0.15, -0.1) is 11.6 Å². The number of hydrogen-bond acceptors (Lipinski definition) is 1. The summed E-state index contributed by atoms with van der Waals surface area (Å²) in [5.41, 5.74) is -0.0748.